The van der Waals surface area contributed by atoms with Crippen molar-refractivity contribution < 1.29 is 8.78 Å². The average molecular weight is 463 g/mol. The smallest absolute Gasteiger partial charge is 0.119 e. The summed E-state index contributed by atoms with van der Waals surface area (Å²) in [5.74, 6) is -0.104. The zero-order chi connectivity index (χ0) is 24.0. The maximum atomic E-state index is 15.2. The van der Waals surface area contributed by atoms with E-state index in [-0.39, 0.29) is 11.7 Å². The second-order valence-corrected chi connectivity index (χ2v) is 9.71. The van der Waals surface area contributed by atoms with Crippen LogP contribution in [0.3, 0.4) is 0 Å². The number of aryl methyl sites for hydroxylation is 1. The minimum atomic E-state index is -1.09. The number of rotatable bonds is 9. The number of hydrogen-bond donors (Lipinski definition) is 1. The van der Waals surface area contributed by atoms with Crippen molar-refractivity contribution in [3.8, 4) is 0 Å². The standard InChI is InChI=1S/C30H36F2N2/c1-3-4-6-23-11-13-27(31)21-26(23)10-9-22(2)28-14-12-24-7-5-8-25(29(24)34-28)15-16-30(32)17-19-33-20-18-30/h5-8,11-14,21,26,33H,2-4,9-10,15-20H2,1H3. The molecule has 2 aromatic rings. The van der Waals surface area contributed by atoms with Crippen molar-refractivity contribution in [3.63, 3.8) is 0 Å². The summed E-state index contributed by atoms with van der Waals surface area (Å²) >= 11 is 0. The van der Waals surface area contributed by atoms with E-state index in [0.717, 1.165) is 66.5 Å². The Balaban J connectivity index is 1.46. The first-order valence-corrected chi connectivity index (χ1v) is 12.7. The minimum Gasteiger partial charge on any atom is -0.316 e. The van der Waals surface area contributed by atoms with Crippen molar-refractivity contribution in [1.29, 1.82) is 0 Å². The van der Waals surface area contributed by atoms with Crippen LogP contribution >= 0.6 is 0 Å². The van der Waals surface area contributed by atoms with Crippen LogP contribution in [0.4, 0.5) is 8.78 Å². The Morgan fingerprint density at radius 2 is 2.03 bits per heavy atom. The maximum Gasteiger partial charge on any atom is 0.119 e. The van der Waals surface area contributed by atoms with Gasteiger partial charge in [-0.3, -0.25) is 0 Å². The second-order valence-electron chi connectivity index (χ2n) is 9.71. The number of alkyl halides is 1. The van der Waals surface area contributed by atoms with Crippen molar-refractivity contribution in [3.05, 3.63) is 83.9 Å². The van der Waals surface area contributed by atoms with Gasteiger partial charge < -0.3 is 5.32 Å². The van der Waals surface area contributed by atoms with Crippen LogP contribution < -0.4 is 5.32 Å². The van der Waals surface area contributed by atoms with Gasteiger partial charge in [0.1, 0.15) is 11.5 Å². The van der Waals surface area contributed by atoms with E-state index in [2.05, 4.69) is 43.1 Å². The lowest BCUT2D eigenvalue weighted by Gasteiger charge is -2.30. The summed E-state index contributed by atoms with van der Waals surface area (Å²) in [6.45, 7) is 7.95. The van der Waals surface area contributed by atoms with E-state index in [1.54, 1.807) is 12.2 Å². The third-order valence-electron chi connectivity index (χ3n) is 7.16. The van der Waals surface area contributed by atoms with Crippen molar-refractivity contribution >= 4 is 16.5 Å². The Labute approximate surface area is 202 Å². The Morgan fingerprint density at radius 1 is 1.21 bits per heavy atom. The molecule has 2 aliphatic rings. The van der Waals surface area contributed by atoms with Gasteiger partial charge in [-0.25, -0.2) is 13.8 Å². The SMILES string of the molecule is C=C(CCC1C=C(F)C=CC1=CCCC)c1ccc2cccc(CCC3(F)CCNCC3)c2n1. The molecule has 180 valence electrons. The van der Waals surface area contributed by atoms with Crippen molar-refractivity contribution in [2.75, 3.05) is 13.1 Å². The number of aromatic nitrogens is 1. The van der Waals surface area contributed by atoms with E-state index in [1.165, 1.54) is 5.57 Å². The number of pyridine rings is 1. The first-order valence-electron chi connectivity index (χ1n) is 12.7. The normalized spacial score (nSPS) is 21.1. The van der Waals surface area contributed by atoms with E-state index in [4.69, 9.17) is 4.98 Å². The molecule has 34 heavy (non-hydrogen) atoms. The quantitative estimate of drug-likeness (QED) is 0.411. The Kier molecular flexibility index (Phi) is 8.10. The number of nitrogens with zero attached hydrogens (tertiary/aromatic N) is 1. The van der Waals surface area contributed by atoms with Gasteiger partial charge in [-0.05, 0) is 93.0 Å². The van der Waals surface area contributed by atoms with Gasteiger partial charge in [-0.2, -0.15) is 0 Å². The fraction of sp³-hybridized carbons (Fsp3) is 0.433. The zero-order valence-electron chi connectivity index (χ0n) is 20.3. The molecule has 1 N–H and O–H groups in total. The highest BCUT2D eigenvalue weighted by Gasteiger charge is 2.31. The van der Waals surface area contributed by atoms with Gasteiger partial charge in [0.05, 0.1) is 11.2 Å². The van der Waals surface area contributed by atoms with E-state index < -0.39 is 5.67 Å². The number of allylic oxidation sites excluding steroid dienone is 7. The van der Waals surface area contributed by atoms with E-state index >= 15 is 4.39 Å². The lowest BCUT2D eigenvalue weighted by atomic mass is 9.87. The van der Waals surface area contributed by atoms with Crippen LogP contribution in [0.25, 0.3) is 16.5 Å². The minimum absolute atomic E-state index is 0.0649. The third kappa shape index (κ3) is 6.09. The van der Waals surface area contributed by atoms with Crippen LogP contribution in [-0.2, 0) is 6.42 Å². The molecule has 0 saturated carbocycles. The van der Waals surface area contributed by atoms with Gasteiger partial charge in [-0.1, -0.05) is 56.3 Å². The van der Waals surface area contributed by atoms with Crippen LogP contribution in [0.1, 0.15) is 63.1 Å². The van der Waals surface area contributed by atoms with Crippen molar-refractivity contribution in [2.24, 2.45) is 5.92 Å². The summed E-state index contributed by atoms with van der Waals surface area (Å²) in [4.78, 5) is 4.96. The maximum absolute atomic E-state index is 15.2. The highest BCUT2D eigenvalue weighted by Crippen LogP contribution is 2.32. The number of fused-ring (bicyclic) bond motifs is 1. The third-order valence-corrected chi connectivity index (χ3v) is 7.16. The molecule has 4 rings (SSSR count). The van der Waals surface area contributed by atoms with E-state index in [0.29, 0.717) is 25.7 Å². The highest BCUT2D eigenvalue weighted by molar-refractivity contribution is 5.83. The molecule has 0 bridgehead atoms. The Bertz CT molecular complexity index is 1110. The number of piperidine rings is 1. The molecule has 2 nitrogen and oxygen atoms in total. The summed E-state index contributed by atoms with van der Waals surface area (Å²) in [5, 5.41) is 4.31. The molecule has 1 unspecified atom stereocenters. The molecule has 1 aliphatic carbocycles. The second kappa shape index (κ2) is 11.2. The van der Waals surface area contributed by atoms with E-state index in [1.807, 2.05) is 18.2 Å². The van der Waals surface area contributed by atoms with E-state index in [9.17, 15) is 4.39 Å². The molecule has 1 atom stereocenters. The van der Waals surface area contributed by atoms with Crippen LogP contribution in [0.15, 0.2) is 72.6 Å². The molecule has 1 saturated heterocycles. The molecule has 1 aliphatic heterocycles. The molecular weight excluding hydrogens is 426 g/mol. The monoisotopic (exact) mass is 462 g/mol. The first kappa shape index (κ1) is 24.5. The molecule has 2 heterocycles. The summed E-state index contributed by atoms with van der Waals surface area (Å²) < 4.78 is 29.1. The molecule has 4 heteroatoms. The zero-order valence-corrected chi connectivity index (χ0v) is 20.3. The number of nitrogens with one attached hydrogen (secondary N) is 1. The highest BCUT2D eigenvalue weighted by atomic mass is 19.1. The van der Waals surface area contributed by atoms with Crippen LogP contribution in [0.5, 0.6) is 0 Å². The lowest BCUT2D eigenvalue weighted by molar-refractivity contribution is 0.105. The van der Waals surface area contributed by atoms with Crippen molar-refractivity contribution in [2.45, 2.75) is 64.0 Å². The van der Waals surface area contributed by atoms with Crippen LogP contribution in [-0.4, -0.2) is 23.7 Å². The first-order chi connectivity index (χ1) is 16.5. The largest absolute Gasteiger partial charge is 0.316 e. The number of halogens is 2. The predicted molar refractivity (Wildman–Crippen MR) is 139 cm³/mol. The lowest BCUT2D eigenvalue weighted by Crippen LogP contribution is -2.38. The molecule has 0 spiro atoms. The Morgan fingerprint density at radius 3 is 2.82 bits per heavy atom. The summed E-state index contributed by atoms with van der Waals surface area (Å²) in [5.41, 5.74) is 3.95. The molecule has 0 radical (unpaired) electrons. The average Bonchev–Trinajstić information content (AvgIpc) is 2.85. The fourth-order valence-electron chi connectivity index (χ4n) is 4.97. The predicted octanol–water partition coefficient (Wildman–Crippen LogP) is 7.82. The summed E-state index contributed by atoms with van der Waals surface area (Å²) in [6.07, 6.45) is 13.4. The van der Waals surface area contributed by atoms with Gasteiger partial charge in [0, 0.05) is 11.3 Å². The molecule has 0 amide bonds. The summed E-state index contributed by atoms with van der Waals surface area (Å²) in [6, 6.07) is 10.3. The van der Waals surface area contributed by atoms with Crippen LogP contribution in [0, 0.1) is 5.92 Å². The van der Waals surface area contributed by atoms with Gasteiger partial charge in [0.15, 0.2) is 0 Å². The molecule has 1 aromatic carbocycles. The van der Waals surface area contributed by atoms with Gasteiger partial charge in [0.25, 0.3) is 0 Å². The van der Waals surface area contributed by atoms with Crippen LogP contribution in [0.2, 0.25) is 0 Å². The van der Waals surface area contributed by atoms with Crippen molar-refractivity contribution in [1.82, 2.24) is 10.3 Å². The number of hydrogen-bond acceptors (Lipinski definition) is 2. The van der Waals surface area contributed by atoms with Gasteiger partial charge in [0.2, 0.25) is 0 Å². The number of unbranched alkanes of at least 4 members (excludes halogenated alkanes) is 1. The number of benzene rings is 1. The topological polar surface area (TPSA) is 24.9 Å². The molecule has 1 aromatic heterocycles. The number of para-hydroxylation sites is 1. The fourth-order valence-corrected chi connectivity index (χ4v) is 4.97. The summed E-state index contributed by atoms with van der Waals surface area (Å²) in [7, 11) is 0. The van der Waals surface area contributed by atoms with Gasteiger partial charge >= 0.3 is 0 Å². The Hall–Kier alpha value is -2.59. The molecular formula is C30H36F2N2. The molecule has 1 fully saturated rings. The van der Waals surface area contributed by atoms with Gasteiger partial charge in [-0.15, -0.1) is 0 Å².